The molecule has 0 aliphatic rings. The fourth-order valence-electron chi connectivity index (χ4n) is 1.37. The van der Waals surface area contributed by atoms with Crippen LogP contribution in [0.3, 0.4) is 0 Å². The Morgan fingerprint density at radius 2 is 1.95 bits per heavy atom. The molecule has 1 amide bonds. The molecule has 0 radical (unpaired) electrons. The Hall–Kier alpha value is -2.54. The standard InChI is InChI=1S/C12H16N4O3/c13-9(1-6-12(18)19)7-16(14)11-4-2-10(3-5-11)15-8-17/h2-5,7-8H,1,6,13-14H2,(H,15,17)(H,18,19)/b9-7-. The molecule has 0 saturated heterocycles. The van der Waals surface area contributed by atoms with Crippen molar-refractivity contribution in [3.8, 4) is 0 Å². The van der Waals surface area contributed by atoms with Crippen LogP contribution in [0, 0.1) is 0 Å². The lowest BCUT2D eigenvalue weighted by atomic mass is 10.2. The molecular formula is C12H16N4O3. The number of nitrogens with zero attached hydrogens (tertiary/aromatic N) is 1. The predicted octanol–water partition coefficient (Wildman–Crippen LogP) is 0.600. The van der Waals surface area contributed by atoms with Gasteiger partial charge in [-0.05, 0) is 30.7 Å². The molecule has 7 heteroatoms. The number of allylic oxidation sites excluding steroid dienone is 1. The zero-order valence-electron chi connectivity index (χ0n) is 10.2. The molecule has 19 heavy (non-hydrogen) atoms. The molecule has 1 aromatic rings. The van der Waals surface area contributed by atoms with Gasteiger partial charge in [-0.2, -0.15) is 0 Å². The molecule has 0 fully saturated rings. The maximum Gasteiger partial charge on any atom is 0.303 e. The van der Waals surface area contributed by atoms with Crippen LogP contribution in [0.5, 0.6) is 0 Å². The summed E-state index contributed by atoms with van der Waals surface area (Å²) < 4.78 is 0. The highest BCUT2D eigenvalue weighted by molar-refractivity contribution is 5.72. The predicted molar refractivity (Wildman–Crippen MR) is 71.9 cm³/mol. The Morgan fingerprint density at radius 1 is 1.32 bits per heavy atom. The zero-order valence-corrected chi connectivity index (χ0v) is 10.2. The van der Waals surface area contributed by atoms with E-state index in [1.54, 1.807) is 24.3 Å². The molecule has 6 N–H and O–H groups in total. The average molecular weight is 264 g/mol. The summed E-state index contributed by atoms with van der Waals surface area (Å²) in [4.78, 5) is 20.6. The Morgan fingerprint density at radius 3 is 2.47 bits per heavy atom. The maximum absolute atomic E-state index is 10.4. The first-order valence-corrected chi connectivity index (χ1v) is 5.55. The fraction of sp³-hybridized carbons (Fsp3) is 0.167. The lowest BCUT2D eigenvalue weighted by Crippen LogP contribution is -2.26. The lowest BCUT2D eigenvalue weighted by Gasteiger charge is -2.15. The summed E-state index contributed by atoms with van der Waals surface area (Å²) >= 11 is 0. The molecule has 0 spiro atoms. The molecule has 0 bridgehead atoms. The van der Waals surface area contributed by atoms with E-state index in [0.717, 1.165) is 0 Å². The van der Waals surface area contributed by atoms with Crippen molar-refractivity contribution >= 4 is 23.8 Å². The molecule has 0 atom stereocenters. The molecule has 0 heterocycles. The number of nitrogens with one attached hydrogen (secondary N) is 1. The van der Waals surface area contributed by atoms with E-state index < -0.39 is 5.97 Å². The number of carbonyl (C=O) groups excluding carboxylic acids is 1. The van der Waals surface area contributed by atoms with E-state index in [2.05, 4.69) is 5.32 Å². The van der Waals surface area contributed by atoms with Crippen LogP contribution < -0.4 is 21.9 Å². The molecule has 7 nitrogen and oxygen atoms in total. The Balaban J connectivity index is 2.65. The van der Waals surface area contributed by atoms with Crippen LogP contribution in [0.25, 0.3) is 0 Å². The zero-order chi connectivity index (χ0) is 14.3. The number of carbonyl (C=O) groups is 2. The summed E-state index contributed by atoms with van der Waals surface area (Å²) in [5.41, 5.74) is 7.34. The minimum absolute atomic E-state index is 0.0433. The number of aliphatic carboxylic acids is 1. The highest BCUT2D eigenvalue weighted by Crippen LogP contribution is 2.16. The first-order chi connectivity index (χ1) is 9.02. The van der Waals surface area contributed by atoms with Crippen molar-refractivity contribution in [1.29, 1.82) is 0 Å². The van der Waals surface area contributed by atoms with Crippen LogP contribution in [0.15, 0.2) is 36.2 Å². The number of anilines is 2. The van der Waals surface area contributed by atoms with E-state index in [1.165, 1.54) is 11.2 Å². The number of amides is 1. The number of carboxylic acids is 1. The smallest absolute Gasteiger partial charge is 0.303 e. The topological polar surface area (TPSA) is 122 Å². The third kappa shape index (κ3) is 5.09. The van der Waals surface area contributed by atoms with Crippen molar-refractivity contribution < 1.29 is 14.7 Å². The van der Waals surface area contributed by atoms with Gasteiger partial charge in [-0.15, -0.1) is 0 Å². The average Bonchev–Trinajstić information content (AvgIpc) is 2.37. The summed E-state index contributed by atoms with van der Waals surface area (Å²) in [5, 5.41) is 12.3. The van der Waals surface area contributed by atoms with Crippen LogP contribution in [0.2, 0.25) is 0 Å². The van der Waals surface area contributed by atoms with E-state index in [1.807, 2.05) is 0 Å². The lowest BCUT2D eigenvalue weighted by molar-refractivity contribution is -0.137. The number of hydrazine groups is 1. The van der Waals surface area contributed by atoms with Crippen molar-refractivity contribution in [2.24, 2.45) is 11.6 Å². The van der Waals surface area contributed by atoms with Crippen molar-refractivity contribution in [2.75, 3.05) is 10.3 Å². The second-order valence-electron chi connectivity index (χ2n) is 3.81. The van der Waals surface area contributed by atoms with Crippen LogP contribution in [0.4, 0.5) is 11.4 Å². The normalized spacial score (nSPS) is 10.9. The highest BCUT2D eigenvalue weighted by Gasteiger charge is 2.02. The van der Waals surface area contributed by atoms with E-state index in [-0.39, 0.29) is 12.8 Å². The van der Waals surface area contributed by atoms with Crippen molar-refractivity contribution in [1.82, 2.24) is 0 Å². The van der Waals surface area contributed by atoms with Crippen LogP contribution in [-0.4, -0.2) is 17.5 Å². The maximum atomic E-state index is 10.4. The van der Waals surface area contributed by atoms with E-state index in [4.69, 9.17) is 16.7 Å². The third-order valence-corrected chi connectivity index (χ3v) is 2.32. The molecular weight excluding hydrogens is 248 g/mol. The number of benzene rings is 1. The van der Waals surface area contributed by atoms with Gasteiger partial charge in [0.1, 0.15) is 0 Å². The Bertz CT molecular complexity index is 470. The fourth-order valence-corrected chi connectivity index (χ4v) is 1.37. The van der Waals surface area contributed by atoms with Gasteiger partial charge in [-0.25, -0.2) is 5.84 Å². The Kier molecular flexibility index (Phi) is 5.36. The summed E-state index contributed by atoms with van der Waals surface area (Å²) in [7, 11) is 0. The van der Waals surface area contributed by atoms with Gasteiger partial charge in [-0.1, -0.05) is 0 Å². The van der Waals surface area contributed by atoms with Gasteiger partial charge in [0, 0.05) is 17.6 Å². The number of nitrogens with two attached hydrogens (primary N) is 2. The molecule has 0 unspecified atom stereocenters. The minimum atomic E-state index is -0.913. The number of carboxylic acid groups (broad SMARTS) is 1. The molecule has 0 aromatic heterocycles. The van der Waals surface area contributed by atoms with E-state index in [0.29, 0.717) is 23.5 Å². The summed E-state index contributed by atoms with van der Waals surface area (Å²) in [6.07, 6.45) is 2.23. The van der Waals surface area contributed by atoms with Gasteiger partial charge in [-0.3, -0.25) is 14.6 Å². The van der Waals surface area contributed by atoms with Gasteiger partial charge in [0.2, 0.25) is 6.41 Å². The van der Waals surface area contributed by atoms with Gasteiger partial charge in [0.25, 0.3) is 0 Å². The second-order valence-corrected chi connectivity index (χ2v) is 3.81. The first-order valence-electron chi connectivity index (χ1n) is 5.55. The second kappa shape index (κ2) is 7.02. The van der Waals surface area contributed by atoms with Crippen LogP contribution >= 0.6 is 0 Å². The molecule has 0 aliphatic carbocycles. The molecule has 0 saturated carbocycles. The highest BCUT2D eigenvalue weighted by atomic mass is 16.4. The molecule has 0 aliphatic heterocycles. The summed E-state index contributed by atoms with van der Waals surface area (Å²) in [6, 6.07) is 6.77. The Labute approximate surface area is 110 Å². The SMILES string of the molecule is N/C(=C\N(N)c1ccc(NC=O)cc1)CCC(=O)O. The first kappa shape index (κ1) is 14.5. The van der Waals surface area contributed by atoms with Gasteiger partial charge >= 0.3 is 5.97 Å². The van der Waals surface area contributed by atoms with Crippen molar-refractivity contribution in [2.45, 2.75) is 12.8 Å². The van der Waals surface area contributed by atoms with Crippen LogP contribution in [0.1, 0.15) is 12.8 Å². The van der Waals surface area contributed by atoms with E-state index in [9.17, 15) is 9.59 Å². The van der Waals surface area contributed by atoms with Crippen molar-refractivity contribution in [3.05, 3.63) is 36.2 Å². The van der Waals surface area contributed by atoms with Gasteiger partial charge < -0.3 is 16.2 Å². The monoisotopic (exact) mass is 264 g/mol. The summed E-state index contributed by atoms with van der Waals surface area (Å²) in [6.45, 7) is 0. The third-order valence-electron chi connectivity index (χ3n) is 2.32. The number of hydrogen-bond donors (Lipinski definition) is 4. The largest absolute Gasteiger partial charge is 0.481 e. The number of rotatable bonds is 7. The quantitative estimate of drug-likeness (QED) is 0.325. The van der Waals surface area contributed by atoms with E-state index >= 15 is 0 Å². The molecule has 102 valence electrons. The molecule has 1 aromatic carbocycles. The molecule has 1 rings (SSSR count). The van der Waals surface area contributed by atoms with Crippen LogP contribution in [-0.2, 0) is 9.59 Å². The minimum Gasteiger partial charge on any atom is -0.481 e. The van der Waals surface area contributed by atoms with Gasteiger partial charge in [0.05, 0.1) is 12.1 Å². The van der Waals surface area contributed by atoms with Crippen molar-refractivity contribution in [3.63, 3.8) is 0 Å². The number of hydrogen-bond acceptors (Lipinski definition) is 5. The summed E-state index contributed by atoms with van der Waals surface area (Å²) in [5.74, 6) is 4.85. The van der Waals surface area contributed by atoms with Gasteiger partial charge in [0.15, 0.2) is 0 Å².